The molecule has 0 atom stereocenters. The Hall–Kier alpha value is -1.68. The summed E-state index contributed by atoms with van der Waals surface area (Å²) in [5.41, 5.74) is 2.37. The van der Waals surface area contributed by atoms with Gasteiger partial charge in [0.2, 0.25) is 0 Å². The molecular formula is C17H24N2O2. The first kappa shape index (κ1) is 14.3. The molecule has 3 rings (SSSR count). The zero-order valence-corrected chi connectivity index (χ0v) is 12.7. The summed E-state index contributed by atoms with van der Waals surface area (Å²) < 4.78 is 11.4. The Morgan fingerprint density at radius 2 is 2.05 bits per heavy atom. The minimum Gasteiger partial charge on any atom is -0.493 e. The average molecular weight is 288 g/mol. The number of likely N-dealkylation sites (tertiary alicyclic amines) is 1. The van der Waals surface area contributed by atoms with E-state index in [1.807, 2.05) is 12.3 Å². The van der Waals surface area contributed by atoms with Crippen LogP contribution in [0.2, 0.25) is 0 Å². The number of hydrogen-bond donors (Lipinski definition) is 1. The summed E-state index contributed by atoms with van der Waals surface area (Å²) in [4.78, 5) is 2.51. The normalized spacial score (nSPS) is 17.4. The van der Waals surface area contributed by atoms with E-state index in [1.165, 1.54) is 31.5 Å². The minimum atomic E-state index is 0.738. The van der Waals surface area contributed by atoms with Gasteiger partial charge in [0.15, 0.2) is 11.5 Å². The van der Waals surface area contributed by atoms with E-state index in [1.54, 1.807) is 7.11 Å². The molecule has 2 heterocycles. The molecule has 0 radical (unpaired) electrons. The van der Waals surface area contributed by atoms with Gasteiger partial charge in [0.1, 0.15) is 0 Å². The van der Waals surface area contributed by atoms with Crippen LogP contribution in [0.5, 0.6) is 11.5 Å². The Kier molecular flexibility index (Phi) is 4.65. The van der Waals surface area contributed by atoms with E-state index in [9.17, 15) is 0 Å². The highest BCUT2D eigenvalue weighted by Crippen LogP contribution is 2.35. The summed E-state index contributed by atoms with van der Waals surface area (Å²) in [5.74, 6) is 1.66. The van der Waals surface area contributed by atoms with Gasteiger partial charge in [0.05, 0.1) is 13.7 Å². The van der Waals surface area contributed by atoms with Gasteiger partial charge in [-0.1, -0.05) is 6.08 Å². The van der Waals surface area contributed by atoms with Crippen molar-refractivity contribution in [3.05, 3.63) is 30.0 Å². The number of hydrogen-bond acceptors (Lipinski definition) is 4. The Labute approximate surface area is 126 Å². The van der Waals surface area contributed by atoms with Gasteiger partial charge in [-0.2, -0.15) is 0 Å². The minimum absolute atomic E-state index is 0.738. The fraction of sp³-hybridized carbons (Fsp3) is 0.529. The second kappa shape index (κ2) is 6.85. The van der Waals surface area contributed by atoms with Crippen molar-refractivity contribution >= 4 is 5.69 Å². The number of methoxy groups -OCH3 is 1. The maximum atomic E-state index is 5.94. The number of ether oxygens (including phenoxy) is 2. The van der Waals surface area contributed by atoms with Crippen molar-refractivity contribution in [3.8, 4) is 11.5 Å². The topological polar surface area (TPSA) is 33.7 Å². The fourth-order valence-corrected chi connectivity index (χ4v) is 2.99. The monoisotopic (exact) mass is 288 g/mol. The number of rotatable bonds is 6. The van der Waals surface area contributed by atoms with Gasteiger partial charge in [-0.05, 0) is 56.6 Å². The Morgan fingerprint density at radius 3 is 2.86 bits per heavy atom. The molecule has 2 aliphatic rings. The van der Waals surface area contributed by atoms with Crippen LogP contribution in [0.3, 0.4) is 0 Å². The number of nitrogens with one attached hydrogen (secondary N) is 1. The van der Waals surface area contributed by atoms with Gasteiger partial charge < -0.3 is 19.7 Å². The van der Waals surface area contributed by atoms with Crippen LogP contribution in [-0.2, 0) is 6.42 Å². The summed E-state index contributed by atoms with van der Waals surface area (Å²) in [7, 11) is 1.70. The molecule has 1 aromatic carbocycles. The quantitative estimate of drug-likeness (QED) is 0.816. The van der Waals surface area contributed by atoms with Crippen LogP contribution in [0.15, 0.2) is 24.4 Å². The third kappa shape index (κ3) is 3.50. The fourth-order valence-electron chi connectivity index (χ4n) is 2.99. The molecule has 0 unspecified atom stereocenters. The molecule has 0 aliphatic carbocycles. The van der Waals surface area contributed by atoms with Gasteiger partial charge in [0, 0.05) is 18.3 Å². The molecular weight excluding hydrogens is 264 g/mol. The van der Waals surface area contributed by atoms with Crippen molar-refractivity contribution in [2.45, 2.75) is 25.7 Å². The Bertz CT molecular complexity index is 508. The number of allylic oxidation sites excluding steroid dienone is 1. The summed E-state index contributed by atoms with van der Waals surface area (Å²) in [6.07, 6.45) is 8.78. The van der Waals surface area contributed by atoms with E-state index in [0.29, 0.717) is 0 Å². The second-order valence-corrected chi connectivity index (χ2v) is 5.66. The molecule has 21 heavy (non-hydrogen) atoms. The Morgan fingerprint density at radius 1 is 1.19 bits per heavy atom. The zero-order valence-electron chi connectivity index (χ0n) is 12.7. The second-order valence-electron chi connectivity index (χ2n) is 5.66. The standard InChI is InChI=1S/C17H24N2O2/c1-20-16-12-14-6-4-7-18-15(14)13-17(16)21-11-5-10-19-8-2-3-9-19/h4,7,12-13,18H,2-3,5-6,8-11H2,1H3. The maximum Gasteiger partial charge on any atom is 0.163 e. The smallest absolute Gasteiger partial charge is 0.163 e. The number of fused-ring (bicyclic) bond motifs is 1. The van der Waals surface area contributed by atoms with Crippen LogP contribution in [0, 0.1) is 0 Å². The summed E-state index contributed by atoms with van der Waals surface area (Å²) in [6.45, 7) is 4.37. The van der Waals surface area contributed by atoms with Gasteiger partial charge in [-0.15, -0.1) is 0 Å². The van der Waals surface area contributed by atoms with Crippen molar-refractivity contribution in [3.63, 3.8) is 0 Å². The number of anilines is 1. The molecule has 0 spiro atoms. The molecule has 114 valence electrons. The Balaban J connectivity index is 1.56. The maximum absolute atomic E-state index is 5.94. The highest BCUT2D eigenvalue weighted by molar-refractivity contribution is 5.63. The molecule has 1 saturated heterocycles. The van der Waals surface area contributed by atoms with E-state index in [-0.39, 0.29) is 0 Å². The van der Waals surface area contributed by atoms with Gasteiger partial charge in [0.25, 0.3) is 0 Å². The van der Waals surface area contributed by atoms with Crippen molar-refractivity contribution < 1.29 is 9.47 Å². The first-order valence-corrected chi connectivity index (χ1v) is 7.84. The van der Waals surface area contributed by atoms with E-state index in [2.05, 4.69) is 22.4 Å². The van der Waals surface area contributed by atoms with Gasteiger partial charge in [-0.25, -0.2) is 0 Å². The first-order chi connectivity index (χ1) is 10.4. The third-order valence-electron chi connectivity index (χ3n) is 4.16. The molecule has 0 bridgehead atoms. The molecule has 2 aliphatic heterocycles. The van der Waals surface area contributed by atoms with Crippen molar-refractivity contribution in [1.29, 1.82) is 0 Å². The lowest BCUT2D eigenvalue weighted by molar-refractivity contribution is 0.254. The average Bonchev–Trinajstić information content (AvgIpc) is 3.04. The molecule has 1 aromatic rings. The van der Waals surface area contributed by atoms with Crippen LogP contribution in [-0.4, -0.2) is 38.3 Å². The van der Waals surface area contributed by atoms with Crippen molar-refractivity contribution in [2.75, 3.05) is 38.7 Å². The predicted octanol–water partition coefficient (Wildman–Crippen LogP) is 3.04. The van der Waals surface area contributed by atoms with Gasteiger partial charge in [-0.3, -0.25) is 0 Å². The lowest BCUT2D eigenvalue weighted by Crippen LogP contribution is -2.22. The van der Waals surface area contributed by atoms with Gasteiger partial charge >= 0.3 is 0 Å². The van der Waals surface area contributed by atoms with E-state index in [0.717, 1.165) is 43.2 Å². The number of nitrogens with zero attached hydrogens (tertiary/aromatic N) is 1. The molecule has 0 aromatic heterocycles. The first-order valence-electron chi connectivity index (χ1n) is 7.84. The van der Waals surface area contributed by atoms with Crippen LogP contribution in [0.4, 0.5) is 5.69 Å². The van der Waals surface area contributed by atoms with Crippen LogP contribution < -0.4 is 14.8 Å². The molecule has 0 saturated carbocycles. The lowest BCUT2D eigenvalue weighted by Gasteiger charge is -2.18. The molecule has 1 fully saturated rings. The molecule has 4 nitrogen and oxygen atoms in total. The van der Waals surface area contributed by atoms with E-state index < -0.39 is 0 Å². The highest BCUT2D eigenvalue weighted by atomic mass is 16.5. The third-order valence-corrected chi connectivity index (χ3v) is 4.16. The van der Waals surface area contributed by atoms with Crippen LogP contribution in [0.25, 0.3) is 0 Å². The lowest BCUT2D eigenvalue weighted by atomic mass is 10.1. The van der Waals surface area contributed by atoms with E-state index in [4.69, 9.17) is 9.47 Å². The SMILES string of the molecule is COc1cc2c(cc1OCCCN1CCCC1)NC=CC2. The molecule has 0 amide bonds. The zero-order chi connectivity index (χ0) is 14.5. The summed E-state index contributed by atoms with van der Waals surface area (Å²) in [5, 5.41) is 3.27. The number of benzene rings is 1. The van der Waals surface area contributed by atoms with E-state index >= 15 is 0 Å². The molecule has 1 N–H and O–H groups in total. The largest absolute Gasteiger partial charge is 0.493 e. The predicted molar refractivity (Wildman–Crippen MR) is 85.2 cm³/mol. The van der Waals surface area contributed by atoms with Crippen LogP contribution in [0.1, 0.15) is 24.8 Å². The molecule has 4 heteroatoms. The summed E-state index contributed by atoms with van der Waals surface area (Å²) >= 11 is 0. The van der Waals surface area contributed by atoms with Crippen molar-refractivity contribution in [1.82, 2.24) is 4.90 Å². The summed E-state index contributed by atoms with van der Waals surface area (Å²) in [6, 6.07) is 4.12. The highest BCUT2D eigenvalue weighted by Gasteiger charge is 2.13. The van der Waals surface area contributed by atoms with Crippen LogP contribution >= 0.6 is 0 Å². The van der Waals surface area contributed by atoms with Crippen molar-refractivity contribution in [2.24, 2.45) is 0 Å².